The fourth-order valence-corrected chi connectivity index (χ4v) is 4.28. The zero-order chi connectivity index (χ0) is 17.3. The average Bonchev–Trinajstić information content (AvgIpc) is 2.58. The van der Waals surface area contributed by atoms with E-state index < -0.39 is 10.0 Å². The first kappa shape index (κ1) is 18.0. The molecule has 0 aromatic heterocycles. The van der Waals surface area contributed by atoms with Crippen LogP contribution in [0.5, 0.6) is 0 Å². The van der Waals surface area contributed by atoms with Crippen LogP contribution in [0.25, 0.3) is 5.70 Å². The standard InChI is InChI=1S/C16H13Cl2IN2O2S/c17-14-8-3-11(10-15(14)18)16-2-1-9-21(20-16)24(22,23)13-6-4-12(19)5-7-13/h2-8,10,20H,1,9H2. The summed E-state index contributed by atoms with van der Waals surface area (Å²) in [7, 11) is -3.62. The first-order chi connectivity index (χ1) is 11.4. The van der Waals surface area contributed by atoms with Gasteiger partial charge in [0, 0.05) is 15.7 Å². The third-order valence-electron chi connectivity index (χ3n) is 3.56. The number of nitrogens with one attached hydrogen (secondary N) is 1. The summed E-state index contributed by atoms with van der Waals surface area (Å²) in [4.78, 5) is 0.255. The Kier molecular flexibility index (Phi) is 5.41. The highest BCUT2D eigenvalue weighted by Gasteiger charge is 2.27. The maximum atomic E-state index is 12.8. The molecule has 0 amide bonds. The molecule has 1 heterocycles. The molecule has 0 fully saturated rings. The van der Waals surface area contributed by atoms with Gasteiger partial charge in [-0.25, -0.2) is 8.42 Å². The van der Waals surface area contributed by atoms with Crippen LogP contribution in [-0.4, -0.2) is 19.4 Å². The number of hydrazine groups is 1. The molecular formula is C16H13Cl2IN2O2S. The van der Waals surface area contributed by atoms with Crippen molar-refractivity contribution in [3.63, 3.8) is 0 Å². The van der Waals surface area contributed by atoms with Gasteiger partial charge >= 0.3 is 0 Å². The fourth-order valence-electron chi connectivity index (χ4n) is 2.32. The predicted molar refractivity (Wildman–Crippen MR) is 105 cm³/mol. The van der Waals surface area contributed by atoms with Gasteiger partial charge in [0.05, 0.1) is 20.6 Å². The van der Waals surface area contributed by atoms with Crippen LogP contribution in [-0.2, 0) is 10.0 Å². The maximum Gasteiger partial charge on any atom is 0.259 e. The molecule has 3 rings (SSSR count). The fraction of sp³-hybridized carbons (Fsp3) is 0.125. The first-order valence-corrected chi connectivity index (χ1v) is 10.4. The number of benzene rings is 2. The summed E-state index contributed by atoms with van der Waals surface area (Å²) in [5, 5.41) is 0.884. The average molecular weight is 495 g/mol. The summed E-state index contributed by atoms with van der Waals surface area (Å²) >= 11 is 14.1. The van der Waals surface area contributed by atoms with E-state index in [-0.39, 0.29) is 4.90 Å². The van der Waals surface area contributed by atoms with E-state index in [0.717, 1.165) is 9.13 Å². The Hall–Kier alpha value is -0.800. The van der Waals surface area contributed by atoms with Crippen molar-refractivity contribution in [2.75, 3.05) is 6.54 Å². The molecule has 1 aliphatic heterocycles. The third-order valence-corrected chi connectivity index (χ3v) is 6.74. The minimum atomic E-state index is -3.62. The molecule has 0 aliphatic carbocycles. The van der Waals surface area contributed by atoms with Gasteiger partial charge in [-0.15, -0.1) is 4.41 Å². The maximum absolute atomic E-state index is 12.8. The van der Waals surface area contributed by atoms with Crippen molar-refractivity contribution < 1.29 is 8.42 Å². The zero-order valence-corrected chi connectivity index (χ0v) is 16.8. The van der Waals surface area contributed by atoms with E-state index >= 15 is 0 Å². The summed E-state index contributed by atoms with van der Waals surface area (Å²) < 4.78 is 27.8. The highest BCUT2D eigenvalue weighted by Crippen LogP contribution is 2.28. The summed E-state index contributed by atoms with van der Waals surface area (Å²) in [5.74, 6) is 0. The van der Waals surface area contributed by atoms with Crippen molar-refractivity contribution in [1.82, 2.24) is 9.84 Å². The van der Waals surface area contributed by atoms with Crippen molar-refractivity contribution in [3.05, 3.63) is 67.7 Å². The van der Waals surface area contributed by atoms with Gasteiger partial charge in [-0.1, -0.05) is 35.3 Å². The molecule has 1 N–H and O–H groups in total. The Morgan fingerprint density at radius 2 is 1.75 bits per heavy atom. The molecule has 4 nitrogen and oxygen atoms in total. The molecule has 0 bridgehead atoms. The number of rotatable bonds is 3. The zero-order valence-electron chi connectivity index (χ0n) is 12.3. The number of halogens is 3. The summed E-state index contributed by atoms with van der Waals surface area (Å²) in [6.07, 6.45) is 2.55. The summed E-state index contributed by atoms with van der Waals surface area (Å²) in [5.41, 5.74) is 4.45. The van der Waals surface area contributed by atoms with E-state index in [2.05, 4.69) is 28.0 Å². The molecule has 0 unspecified atom stereocenters. The largest absolute Gasteiger partial charge is 0.305 e. The van der Waals surface area contributed by atoms with Gasteiger partial charge in [0.25, 0.3) is 10.0 Å². The van der Waals surface area contributed by atoms with E-state index in [1.54, 1.807) is 42.5 Å². The molecule has 24 heavy (non-hydrogen) atoms. The highest BCUT2D eigenvalue weighted by atomic mass is 127. The number of nitrogens with zero attached hydrogens (tertiary/aromatic N) is 1. The molecular weight excluding hydrogens is 482 g/mol. The molecule has 0 spiro atoms. The molecule has 126 valence electrons. The molecule has 0 saturated carbocycles. The van der Waals surface area contributed by atoms with E-state index in [1.807, 2.05) is 6.08 Å². The molecule has 0 atom stereocenters. The normalized spacial score (nSPS) is 15.7. The topological polar surface area (TPSA) is 49.4 Å². The predicted octanol–water partition coefficient (Wildman–Crippen LogP) is 4.54. The van der Waals surface area contributed by atoms with Crippen molar-refractivity contribution >= 4 is 61.5 Å². The lowest BCUT2D eigenvalue weighted by atomic mass is 10.1. The summed E-state index contributed by atoms with van der Waals surface area (Å²) in [6.45, 7) is 0.360. The monoisotopic (exact) mass is 494 g/mol. The van der Waals surface area contributed by atoms with E-state index in [9.17, 15) is 8.42 Å². The third kappa shape index (κ3) is 3.72. The van der Waals surface area contributed by atoms with Gasteiger partial charge in [-0.3, -0.25) is 0 Å². The number of hydrogen-bond donors (Lipinski definition) is 1. The van der Waals surface area contributed by atoms with Gasteiger partial charge in [0.2, 0.25) is 0 Å². The Labute approximate surface area is 164 Å². The number of hydrogen-bond acceptors (Lipinski definition) is 3. The SMILES string of the molecule is O=S(=O)(c1ccc(I)cc1)N1CCC=C(c2ccc(Cl)c(Cl)c2)N1. The number of sulfonamides is 1. The van der Waals surface area contributed by atoms with Crippen LogP contribution in [0.4, 0.5) is 0 Å². The van der Waals surface area contributed by atoms with Crippen LogP contribution in [0.3, 0.4) is 0 Å². The minimum absolute atomic E-state index is 0.255. The molecule has 8 heteroatoms. The lowest BCUT2D eigenvalue weighted by Gasteiger charge is -2.28. The van der Waals surface area contributed by atoms with Crippen LogP contribution in [0.1, 0.15) is 12.0 Å². The van der Waals surface area contributed by atoms with Gasteiger partial charge in [-0.2, -0.15) is 0 Å². The van der Waals surface area contributed by atoms with Crippen LogP contribution in [0.2, 0.25) is 10.0 Å². The van der Waals surface area contributed by atoms with Crippen LogP contribution < -0.4 is 5.43 Å². The van der Waals surface area contributed by atoms with Crippen molar-refractivity contribution in [3.8, 4) is 0 Å². The molecule has 2 aromatic rings. The van der Waals surface area contributed by atoms with Crippen molar-refractivity contribution in [2.45, 2.75) is 11.3 Å². The van der Waals surface area contributed by atoms with Crippen LogP contribution in [0.15, 0.2) is 53.4 Å². The Balaban J connectivity index is 1.88. The van der Waals surface area contributed by atoms with Crippen LogP contribution >= 0.6 is 45.8 Å². The Bertz CT molecular complexity index is 899. The quantitative estimate of drug-likeness (QED) is 0.637. The Morgan fingerprint density at radius 3 is 2.42 bits per heavy atom. The van der Waals surface area contributed by atoms with Crippen molar-refractivity contribution in [1.29, 1.82) is 0 Å². The lowest BCUT2D eigenvalue weighted by molar-refractivity contribution is 0.363. The lowest BCUT2D eigenvalue weighted by Crippen LogP contribution is -2.44. The van der Waals surface area contributed by atoms with E-state index in [0.29, 0.717) is 28.7 Å². The van der Waals surface area contributed by atoms with E-state index in [4.69, 9.17) is 23.2 Å². The van der Waals surface area contributed by atoms with Gasteiger partial charge < -0.3 is 5.43 Å². The summed E-state index contributed by atoms with van der Waals surface area (Å²) in [6, 6.07) is 12.0. The van der Waals surface area contributed by atoms with E-state index in [1.165, 1.54) is 4.41 Å². The van der Waals surface area contributed by atoms with Gasteiger partial charge in [0.15, 0.2) is 0 Å². The molecule has 2 aromatic carbocycles. The van der Waals surface area contributed by atoms with Crippen molar-refractivity contribution in [2.24, 2.45) is 0 Å². The minimum Gasteiger partial charge on any atom is -0.305 e. The second kappa shape index (κ2) is 7.21. The Morgan fingerprint density at radius 1 is 1.04 bits per heavy atom. The second-order valence-electron chi connectivity index (χ2n) is 5.18. The van der Waals surface area contributed by atoms with Gasteiger partial charge in [-0.05, 0) is 65.4 Å². The highest BCUT2D eigenvalue weighted by molar-refractivity contribution is 14.1. The second-order valence-corrected chi connectivity index (χ2v) is 9.10. The first-order valence-electron chi connectivity index (χ1n) is 7.08. The molecule has 0 saturated heterocycles. The van der Waals surface area contributed by atoms with Crippen LogP contribution in [0, 0.1) is 3.57 Å². The molecule has 1 aliphatic rings. The smallest absolute Gasteiger partial charge is 0.259 e. The van der Waals surface area contributed by atoms with Gasteiger partial charge in [0.1, 0.15) is 0 Å². The molecule has 0 radical (unpaired) electrons.